The average Bonchev–Trinajstić information content (AvgIpc) is 3.27. The van der Waals surface area contributed by atoms with Gasteiger partial charge in [0.15, 0.2) is 0 Å². The van der Waals surface area contributed by atoms with Crippen molar-refractivity contribution < 1.29 is 29.8 Å². The van der Waals surface area contributed by atoms with Crippen LogP contribution >= 0.6 is 51.7 Å². The van der Waals surface area contributed by atoms with Crippen molar-refractivity contribution in [3.05, 3.63) is 115 Å². The summed E-state index contributed by atoms with van der Waals surface area (Å²) in [7, 11) is 4.64. The molecule has 4 aromatic carbocycles. The minimum atomic E-state index is 0.194. The molecular weight excluding hydrogens is 1090 g/mol. The van der Waals surface area contributed by atoms with E-state index in [2.05, 4.69) is 174 Å². The van der Waals surface area contributed by atoms with Gasteiger partial charge in [-0.15, -0.1) is 23.2 Å². The SMILES string of the molecule is CCC(=Nc1c(C)cc(C)cc1C)C(CCCOCCOC)=Nc1c(C)cc(C)cc1C.CCC(=Nc1c(C)cc(C)cc1C)C(CCCOCCOC)=Nc1c(C)cc(C)cc1C.ClCCl.[Br][Ni][Br]. The number of methoxy groups -OCH3 is 2. The molecule has 0 fully saturated rings. The summed E-state index contributed by atoms with van der Waals surface area (Å²) in [5.41, 5.74) is 23.2. The van der Waals surface area contributed by atoms with E-state index in [-0.39, 0.29) is 5.34 Å². The van der Waals surface area contributed by atoms with Crippen LogP contribution in [0.5, 0.6) is 0 Å². The molecule has 4 rings (SSSR count). The van der Waals surface area contributed by atoms with E-state index < -0.39 is 0 Å². The molecule has 0 unspecified atom stereocenters. The Balaban J connectivity index is 0.000000629. The zero-order chi connectivity index (χ0) is 52.8. The maximum atomic E-state index is 5.70. The maximum absolute atomic E-state index is 5.70. The Morgan fingerprint density at radius 3 is 0.829 bits per heavy atom. The summed E-state index contributed by atoms with van der Waals surface area (Å²) < 4.78 is 21.5. The number of aliphatic imine (C=N–C) groups is 4. The first-order chi connectivity index (χ1) is 33.3. The number of aryl methyl sites for hydroxylation is 12. The number of hydrogen-bond donors (Lipinski definition) is 0. The molecule has 0 saturated heterocycles. The zero-order valence-electron chi connectivity index (χ0n) is 45.1. The van der Waals surface area contributed by atoms with Gasteiger partial charge in [0, 0.05) is 27.4 Å². The standard InChI is InChI=1S/2C28H40N2O2.CH2Cl2.2BrH.Ni/c2*1-9-25(29-27-21(4)15-19(2)16-22(27)5)26(11-10-12-32-14-13-31-8)30-28-23(6)17-20(3)18-24(28)7;2-1-3;;;/h2*15-18H,9-14H2,1-8H3;1H2;2*1H;/q;;;;;+2/p-2. The summed E-state index contributed by atoms with van der Waals surface area (Å²) in [5, 5.41) is 0.194. The van der Waals surface area contributed by atoms with E-state index in [1.807, 2.05) is 0 Å². The van der Waals surface area contributed by atoms with Crippen molar-refractivity contribution in [1.29, 1.82) is 0 Å². The summed E-state index contributed by atoms with van der Waals surface area (Å²) in [4.78, 5) is 20.7. The number of alkyl halides is 2. The van der Waals surface area contributed by atoms with Crippen molar-refractivity contribution in [2.24, 2.45) is 20.0 Å². The Morgan fingerprint density at radius 2 is 0.629 bits per heavy atom. The van der Waals surface area contributed by atoms with Gasteiger partial charge >= 0.3 is 39.3 Å². The molecule has 8 nitrogen and oxygen atoms in total. The second-order valence-corrected chi connectivity index (χ2v) is 23.3. The molecule has 4 aromatic rings. The molecule has 0 heterocycles. The molecule has 0 spiro atoms. The van der Waals surface area contributed by atoms with Crippen LogP contribution in [0.1, 0.15) is 119 Å². The van der Waals surface area contributed by atoms with E-state index in [1.165, 1.54) is 77.7 Å². The van der Waals surface area contributed by atoms with Crippen molar-refractivity contribution in [2.45, 2.75) is 135 Å². The Kier molecular flexibility index (Phi) is 34.8. The van der Waals surface area contributed by atoms with Gasteiger partial charge < -0.3 is 18.9 Å². The molecule has 0 aliphatic heterocycles. The summed E-state index contributed by atoms with van der Waals surface area (Å²) in [6.07, 6.45) is 5.13. The minimum absolute atomic E-state index is 0.194. The summed E-state index contributed by atoms with van der Waals surface area (Å²) >= 11 is 15.5. The number of ether oxygens (including phenoxy) is 4. The predicted molar refractivity (Wildman–Crippen MR) is 310 cm³/mol. The van der Waals surface area contributed by atoms with E-state index in [0.717, 1.165) is 84.1 Å². The van der Waals surface area contributed by atoms with Gasteiger partial charge in [-0.05, 0) is 166 Å². The van der Waals surface area contributed by atoms with Crippen LogP contribution < -0.4 is 0 Å². The number of halogens is 4. The fourth-order valence-corrected chi connectivity index (χ4v) is 8.33. The third-order valence-corrected chi connectivity index (χ3v) is 11.1. The summed E-state index contributed by atoms with van der Waals surface area (Å²) in [6.45, 7) is 33.8. The van der Waals surface area contributed by atoms with Crippen LogP contribution in [0.2, 0.25) is 0 Å². The molecule has 0 radical (unpaired) electrons. The van der Waals surface area contributed by atoms with E-state index in [9.17, 15) is 0 Å². The molecule has 0 amide bonds. The van der Waals surface area contributed by atoms with Gasteiger partial charge in [-0.2, -0.15) is 0 Å². The van der Waals surface area contributed by atoms with Crippen molar-refractivity contribution >= 4 is 97.2 Å². The summed E-state index contributed by atoms with van der Waals surface area (Å²) in [5.74, 6) is 0. The van der Waals surface area contributed by atoms with Gasteiger partial charge in [-0.1, -0.05) is 84.6 Å². The van der Waals surface area contributed by atoms with Crippen LogP contribution in [0.15, 0.2) is 68.5 Å². The summed E-state index contributed by atoms with van der Waals surface area (Å²) in [6, 6.07) is 17.6. The Labute approximate surface area is 453 Å². The van der Waals surface area contributed by atoms with Gasteiger partial charge in [0.25, 0.3) is 0 Å². The average molecular weight is 1180 g/mol. The fourth-order valence-electron chi connectivity index (χ4n) is 8.33. The van der Waals surface area contributed by atoms with Crippen LogP contribution in [0.25, 0.3) is 0 Å². The van der Waals surface area contributed by atoms with Crippen LogP contribution in [0.4, 0.5) is 22.7 Å². The van der Waals surface area contributed by atoms with Crippen LogP contribution in [-0.2, 0) is 29.8 Å². The van der Waals surface area contributed by atoms with Gasteiger partial charge in [0.05, 0.1) is 77.4 Å². The Hall–Kier alpha value is -2.57. The predicted octanol–water partition coefficient (Wildman–Crippen LogP) is 17.6. The second kappa shape index (κ2) is 37.2. The molecule has 0 saturated carbocycles. The second-order valence-electron chi connectivity index (χ2n) is 17.5. The van der Waals surface area contributed by atoms with E-state index in [0.29, 0.717) is 39.6 Å². The van der Waals surface area contributed by atoms with E-state index >= 15 is 0 Å². The normalized spacial score (nSPS) is 12.0. The third-order valence-electron chi connectivity index (χ3n) is 11.1. The van der Waals surface area contributed by atoms with Crippen LogP contribution in [0.3, 0.4) is 0 Å². The molecule has 0 aliphatic carbocycles. The molecule has 0 bridgehead atoms. The Morgan fingerprint density at radius 1 is 0.414 bits per heavy atom. The molecule has 392 valence electrons. The molecule has 0 N–H and O–H groups in total. The van der Waals surface area contributed by atoms with Gasteiger partial charge in [0.1, 0.15) is 0 Å². The number of nitrogens with zero attached hydrogens (tertiary/aromatic N) is 4. The van der Waals surface area contributed by atoms with Crippen LogP contribution in [0, 0.1) is 83.1 Å². The van der Waals surface area contributed by atoms with Gasteiger partial charge in [-0.25, -0.2) is 0 Å². The van der Waals surface area contributed by atoms with Crippen molar-refractivity contribution in [3.8, 4) is 0 Å². The molecule has 70 heavy (non-hydrogen) atoms. The first-order valence-electron chi connectivity index (χ1n) is 24.1. The quantitative estimate of drug-likeness (QED) is 0.0340. The fraction of sp³-hybridized carbons (Fsp3) is 0.509. The monoisotopic (exact) mass is 1170 g/mol. The van der Waals surface area contributed by atoms with Crippen molar-refractivity contribution in [3.63, 3.8) is 0 Å². The molecule has 13 heteroatoms. The Bertz CT molecular complexity index is 2080. The molecule has 0 atom stereocenters. The number of hydrogen-bond acceptors (Lipinski definition) is 8. The first-order valence-corrected chi connectivity index (χ1v) is 30.0. The zero-order valence-corrected chi connectivity index (χ0v) is 50.7. The molecule has 0 aromatic heterocycles. The topological polar surface area (TPSA) is 86.4 Å². The third kappa shape index (κ3) is 24.4. The van der Waals surface area contributed by atoms with E-state index in [1.54, 1.807) is 14.2 Å². The number of rotatable bonds is 22. The van der Waals surface area contributed by atoms with E-state index in [4.69, 9.17) is 62.1 Å². The van der Waals surface area contributed by atoms with Gasteiger partial charge in [-0.3, -0.25) is 20.0 Å². The van der Waals surface area contributed by atoms with Crippen molar-refractivity contribution in [1.82, 2.24) is 0 Å². The first kappa shape index (κ1) is 65.4. The van der Waals surface area contributed by atoms with Crippen molar-refractivity contribution in [2.75, 3.05) is 59.2 Å². The molecule has 0 aliphatic rings. The number of benzene rings is 4. The van der Waals surface area contributed by atoms with Crippen LogP contribution in [-0.4, -0.2) is 82.0 Å². The van der Waals surface area contributed by atoms with Gasteiger partial charge in [0.2, 0.25) is 0 Å². The molecular formula is C57H82Br2Cl2N4NiO4.